The Kier molecular flexibility index (Phi) is 12.4. The van der Waals surface area contributed by atoms with Crippen molar-refractivity contribution < 1.29 is 24.3 Å². The molecule has 3 atom stereocenters. The zero-order valence-corrected chi connectivity index (χ0v) is 19.6. The average molecular weight is 467 g/mol. The van der Waals surface area contributed by atoms with Gasteiger partial charge >= 0.3 is 5.97 Å². The van der Waals surface area contributed by atoms with E-state index in [2.05, 4.69) is 16.0 Å². The van der Waals surface area contributed by atoms with Gasteiger partial charge in [0, 0.05) is 0 Å². The lowest BCUT2D eigenvalue weighted by Gasteiger charge is -2.25. The first kappa shape index (κ1) is 27.4. The number of hydrogen-bond acceptors (Lipinski definition) is 6. The smallest absolute Gasteiger partial charge is 0.322 e. The van der Waals surface area contributed by atoms with Crippen LogP contribution in [0, 0.1) is 5.92 Å². The van der Waals surface area contributed by atoms with E-state index in [0.29, 0.717) is 25.0 Å². The summed E-state index contributed by atoms with van der Waals surface area (Å²) in [5.41, 5.74) is 6.95. The molecule has 0 radical (unpaired) electrons. The molecule has 32 heavy (non-hydrogen) atoms. The maximum Gasteiger partial charge on any atom is 0.322 e. The van der Waals surface area contributed by atoms with Crippen LogP contribution in [0.4, 0.5) is 0 Å². The topological polar surface area (TPSA) is 151 Å². The molecule has 0 saturated carbocycles. The Morgan fingerprint density at radius 3 is 2.19 bits per heavy atom. The molecule has 1 aromatic rings. The summed E-state index contributed by atoms with van der Waals surface area (Å²) in [6.45, 7) is 3.30. The van der Waals surface area contributed by atoms with Crippen LogP contribution in [0.1, 0.15) is 32.3 Å². The molecule has 3 amide bonds. The van der Waals surface area contributed by atoms with E-state index in [1.54, 1.807) is 0 Å². The number of carbonyl (C=O) groups excluding carboxylic acids is 3. The Hall–Kier alpha value is -2.59. The highest BCUT2D eigenvalue weighted by Gasteiger charge is 2.28. The van der Waals surface area contributed by atoms with E-state index in [0.717, 1.165) is 5.56 Å². The molecule has 0 bridgehead atoms. The largest absolute Gasteiger partial charge is 0.480 e. The van der Waals surface area contributed by atoms with Crippen LogP contribution >= 0.6 is 11.8 Å². The quantitative estimate of drug-likeness (QED) is 0.268. The number of aliphatic carboxylic acids is 1. The Labute approximate surface area is 193 Å². The second-order valence-electron chi connectivity index (χ2n) is 7.94. The fourth-order valence-electron chi connectivity index (χ4n) is 3.01. The van der Waals surface area contributed by atoms with Crippen molar-refractivity contribution in [2.45, 2.75) is 51.2 Å². The normalized spacial score (nSPS) is 13.7. The van der Waals surface area contributed by atoms with E-state index < -0.39 is 48.4 Å². The zero-order valence-electron chi connectivity index (χ0n) is 18.8. The number of rotatable bonds is 14. The monoisotopic (exact) mass is 466 g/mol. The highest BCUT2D eigenvalue weighted by atomic mass is 32.2. The van der Waals surface area contributed by atoms with Crippen LogP contribution in [-0.2, 0) is 25.6 Å². The first-order valence-corrected chi connectivity index (χ1v) is 11.9. The molecular weight excluding hydrogens is 432 g/mol. The molecule has 0 aliphatic rings. The molecule has 3 unspecified atom stereocenters. The summed E-state index contributed by atoms with van der Waals surface area (Å²) in [6, 6.07) is 6.74. The number of amides is 3. The highest BCUT2D eigenvalue weighted by molar-refractivity contribution is 7.98. The van der Waals surface area contributed by atoms with E-state index in [1.807, 2.05) is 50.4 Å². The fourth-order valence-corrected chi connectivity index (χ4v) is 3.48. The second kappa shape index (κ2) is 14.5. The summed E-state index contributed by atoms with van der Waals surface area (Å²) >= 11 is 1.50. The summed E-state index contributed by atoms with van der Waals surface area (Å²) in [6.07, 6.45) is 2.89. The molecular formula is C22H34N4O5S. The van der Waals surface area contributed by atoms with Gasteiger partial charge in [-0.3, -0.25) is 19.2 Å². The van der Waals surface area contributed by atoms with E-state index in [-0.39, 0.29) is 5.92 Å². The molecule has 1 rings (SSSR count). The molecule has 9 nitrogen and oxygen atoms in total. The van der Waals surface area contributed by atoms with Crippen molar-refractivity contribution in [3.8, 4) is 0 Å². The number of thioether (sulfide) groups is 1. The molecule has 0 saturated heterocycles. The Morgan fingerprint density at radius 1 is 1.00 bits per heavy atom. The number of carboxylic acids is 1. The number of carbonyl (C=O) groups is 4. The molecule has 0 fully saturated rings. The number of carboxylic acid groups (broad SMARTS) is 1. The molecule has 1 aromatic carbocycles. The first-order chi connectivity index (χ1) is 15.1. The zero-order chi connectivity index (χ0) is 24.1. The minimum atomic E-state index is -1.18. The SMILES string of the molecule is CSCCC(NC(=O)C(CC(C)C)NC(=O)C(N)Cc1ccccc1)C(=O)NCC(=O)O. The average Bonchev–Trinajstić information content (AvgIpc) is 2.74. The summed E-state index contributed by atoms with van der Waals surface area (Å²) < 4.78 is 0. The van der Waals surface area contributed by atoms with Crippen molar-refractivity contribution in [1.82, 2.24) is 16.0 Å². The molecule has 0 heterocycles. The predicted octanol–water partition coefficient (Wildman–Crippen LogP) is 0.526. The lowest BCUT2D eigenvalue weighted by Crippen LogP contribution is -2.56. The maximum absolute atomic E-state index is 12.9. The van der Waals surface area contributed by atoms with Crippen LogP contribution in [-0.4, -0.2) is 65.5 Å². The van der Waals surface area contributed by atoms with Crippen molar-refractivity contribution in [1.29, 1.82) is 0 Å². The van der Waals surface area contributed by atoms with Gasteiger partial charge in [-0.2, -0.15) is 11.8 Å². The number of benzene rings is 1. The summed E-state index contributed by atoms with van der Waals surface area (Å²) in [5.74, 6) is -2.02. The van der Waals surface area contributed by atoms with Crippen LogP contribution in [0.3, 0.4) is 0 Å². The molecule has 0 spiro atoms. The molecule has 178 valence electrons. The maximum atomic E-state index is 12.9. The van der Waals surface area contributed by atoms with Gasteiger partial charge in [0.15, 0.2) is 0 Å². The summed E-state index contributed by atoms with van der Waals surface area (Å²) in [7, 11) is 0. The summed E-state index contributed by atoms with van der Waals surface area (Å²) in [5, 5.41) is 16.4. The van der Waals surface area contributed by atoms with E-state index in [1.165, 1.54) is 11.8 Å². The van der Waals surface area contributed by atoms with Crippen molar-refractivity contribution in [2.24, 2.45) is 11.7 Å². The second-order valence-corrected chi connectivity index (χ2v) is 8.93. The third kappa shape index (κ3) is 10.6. The Bertz CT molecular complexity index is 760. The summed E-state index contributed by atoms with van der Waals surface area (Å²) in [4.78, 5) is 48.7. The number of hydrogen-bond donors (Lipinski definition) is 5. The third-order valence-electron chi connectivity index (χ3n) is 4.63. The van der Waals surface area contributed by atoms with E-state index in [9.17, 15) is 19.2 Å². The number of nitrogens with one attached hydrogen (secondary N) is 3. The molecule has 10 heteroatoms. The van der Waals surface area contributed by atoms with Crippen LogP contribution < -0.4 is 21.7 Å². The van der Waals surface area contributed by atoms with Gasteiger partial charge in [-0.05, 0) is 42.8 Å². The molecule has 0 aliphatic carbocycles. The van der Waals surface area contributed by atoms with Gasteiger partial charge in [-0.1, -0.05) is 44.2 Å². The molecule has 0 aliphatic heterocycles. The molecule has 0 aromatic heterocycles. The third-order valence-corrected chi connectivity index (χ3v) is 5.28. The van der Waals surface area contributed by atoms with Gasteiger partial charge < -0.3 is 26.8 Å². The van der Waals surface area contributed by atoms with Gasteiger partial charge in [0.25, 0.3) is 0 Å². The standard InChI is InChI=1S/C22H34N4O5S/c1-14(2)11-18(26-20(29)16(23)12-15-7-5-4-6-8-15)22(31)25-17(9-10-32-3)21(30)24-13-19(27)28/h4-8,14,16-18H,9-13,23H2,1-3H3,(H,24,30)(H,25,31)(H,26,29)(H,27,28). The van der Waals surface area contributed by atoms with Crippen LogP contribution in [0.5, 0.6) is 0 Å². The predicted molar refractivity (Wildman–Crippen MR) is 125 cm³/mol. The van der Waals surface area contributed by atoms with Crippen LogP contribution in [0.25, 0.3) is 0 Å². The minimum absolute atomic E-state index is 0.0990. The lowest BCUT2D eigenvalue weighted by atomic mass is 10.0. The van der Waals surface area contributed by atoms with Crippen LogP contribution in [0.2, 0.25) is 0 Å². The van der Waals surface area contributed by atoms with Crippen molar-refractivity contribution in [3.63, 3.8) is 0 Å². The van der Waals surface area contributed by atoms with Crippen LogP contribution in [0.15, 0.2) is 30.3 Å². The van der Waals surface area contributed by atoms with Crippen molar-refractivity contribution in [2.75, 3.05) is 18.6 Å². The van der Waals surface area contributed by atoms with Gasteiger partial charge in [0.1, 0.15) is 18.6 Å². The minimum Gasteiger partial charge on any atom is -0.480 e. The van der Waals surface area contributed by atoms with Gasteiger partial charge in [-0.25, -0.2) is 0 Å². The Morgan fingerprint density at radius 2 is 1.62 bits per heavy atom. The van der Waals surface area contributed by atoms with Gasteiger partial charge in [-0.15, -0.1) is 0 Å². The fraction of sp³-hybridized carbons (Fsp3) is 0.545. The van der Waals surface area contributed by atoms with E-state index >= 15 is 0 Å². The Balaban J connectivity index is 2.83. The lowest BCUT2D eigenvalue weighted by molar-refractivity contribution is -0.138. The van der Waals surface area contributed by atoms with Crippen molar-refractivity contribution in [3.05, 3.63) is 35.9 Å². The van der Waals surface area contributed by atoms with Gasteiger partial charge in [0.05, 0.1) is 6.04 Å². The van der Waals surface area contributed by atoms with Crippen molar-refractivity contribution >= 4 is 35.5 Å². The first-order valence-electron chi connectivity index (χ1n) is 10.5. The number of nitrogens with two attached hydrogens (primary N) is 1. The van der Waals surface area contributed by atoms with E-state index in [4.69, 9.17) is 10.8 Å². The highest BCUT2D eigenvalue weighted by Crippen LogP contribution is 2.09. The molecule has 6 N–H and O–H groups in total. The van der Waals surface area contributed by atoms with Gasteiger partial charge in [0.2, 0.25) is 17.7 Å².